The summed E-state index contributed by atoms with van der Waals surface area (Å²) in [5.74, 6) is -0.557. The second-order valence-electron chi connectivity index (χ2n) is 3.83. The van der Waals surface area contributed by atoms with E-state index in [0.717, 1.165) is 0 Å². The number of carbonyl (C=O) groups is 2. The van der Waals surface area contributed by atoms with Gasteiger partial charge in [0.05, 0.1) is 5.56 Å². The summed E-state index contributed by atoms with van der Waals surface area (Å²) in [6.45, 7) is 3.98. The van der Waals surface area contributed by atoms with Crippen LogP contribution in [-0.2, 0) is 4.79 Å². The van der Waals surface area contributed by atoms with E-state index >= 15 is 0 Å². The monoisotopic (exact) mass is 313 g/mol. The third kappa shape index (κ3) is 3.73. The SMILES string of the molecule is CCNC(=O)C(C)NC(=O)c1cc(N)ccc1Br. The van der Waals surface area contributed by atoms with Gasteiger partial charge in [-0.1, -0.05) is 0 Å². The first-order chi connectivity index (χ1) is 8.45. The zero-order valence-corrected chi connectivity index (χ0v) is 11.9. The zero-order valence-electron chi connectivity index (χ0n) is 10.3. The molecule has 1 aromatic carbocycles. The number of likely N-dealkylation sites (N-methyl/N-ethyl adjacent to an activating group) is 1. The van der Waals surface area contributed by atoms with Crippen molar-refractivity contribution in [3.8, 4) is 0 Å². The standard InChI is InChI=1S/C12H16BrN3O2/c1-3-15-11(17)7(2)16-12(18)9-6-8(14)4-5-10(9)13/h4-7H,3,14H2,1-2H3,(H,15,17)(H,16,18). The molecule has 0 heterocycles. The van der Waals surface area contributed by atoms with Crippen LogP contribution in [0.4, 0.5) is 5.69 Å². The number of carbonyl (C=O) groups excluding carboxylic acids is 2. The number of nitrogens with one attached hydrogen (secondary N) is 2. The van der Waals surface area contributed by atoms with Crippen molar-refractivity contribution in [2.45, 2.75) is 19.9 Å². The van der Waals surface area contributed by atoms with E-state index in [2.05, 4.69) is 26.6 Å². The molecule has 0 spiro atoms. The molecule has 0 saturated heterocycles. The normalized spacial score (nSPS) is 11.7. The van der Waals surface area contributed by atoms with E-state index in [-0.39, 0.29) is 11.8 Å². The Hall–Kier alpha value is -1.56. The second kappa shape index (κ2) is 6.39. The highest BCUT2D eigenvalue weighted by atomic mass is 79.9. The van der Waals surface area contributed by atoms with Crippen LogP contribution < -0.4 is 16.4 Å². The predicted molar refractivity (Wildman–Crippen MR) is 74.2 cm³/mol. The maximum absolute atomic E-state index is 12.0. The molecule has 1 aromatic rings. The molecular weight excluding hydrogens is 298 g/mol. The molecule has 18 heavy (non-hydrogen) atoms. The van der Waals surface area contributed by atoms with E-state index in [1.165, 1.54) is 0 Å². The molecule has 1 unspecified atom stereocenters. The number of nitrogens with two attached hydrogens (primary N) is 1. The van der Waals surface area contributed by atoms with Gasteiger partial charge in [-0.2, -0.15) is 0 Å². The molecule has 0 aliphatic rings. The van der Waals surface area contributed by atoms with Gasteiger partial charge < -0.3 is 16.4 Å². The Kier molecular flexibility index (Phi) is 5.15. The van der Waals surface area contributed by atoms with Gasteiger partial charge >= 0.3 is 0 Å². The van der Waals surface area contributed by atoms with Crippen molar-refractivity contribution in [1.29, 1.82) is 0 Å². The van der Waals surface area contributed by atoms with Gasteiger partial charge in [0.2, 0.25) is 5.91 Å². The van der Waals surface area contributed by atoms with Crippen LogP contribution in [0, 0.1) is 0 Å². The van der Waals surface area contributed by atoms with Gasteiger partial charge in [-0.25, -0.2) is 0 Å². The number of amides is 2. The number of benzene rings is 1. The first-order valence-corrected chi connectivity index (χ1v) is 6.38. The highest BCUT2D eigenvalue weighted by Gasteiger charge is 2.17. The summed E-state index contributed by atoms with van der Waals surface area (Å²) in [6, 6.07) is 4.35. The minimum absolute atomic E-state index is 0.217. The lowest BCUT2D eigenvalue weighted by molar-refractivity contribution is -0.122. The van der Waals surface area contributed by atoms with Gasteiger partial charge in [0.1, 0.15) is 6.04 Å². The van der Waals surface area contributed by atoms with Gasteiger partial charge in [0.25, 0.3) is 5.91 Å². The van der Waals surface area contributed by atoms with Crippen molar-refractivity contribution in [2.24, 2.45) is 0 Å². The van der Waals surface area contributed by atoms with E-state index in [4.69, 9.17) is 5.73 Å². The van der Waals surface area contributed by atoms with Gasteiger partial charge in [-0.15, -0.1) is 0 Å². The molecule has 1 rings (SSSR count). The number of anilines is 1. The molecule has 0 aliphatic carbocycles. The first-order valence-electron chi connectivity index (χ1n) is 5.59. The van der Waals surface area contributed by atoms with Crippen molar-refractivity contribution in [3.63, 3.8) is 0 Å². The number of rotatable bonds is 4. The number of hydrogen-bond acceptors (Lipinski definition) is 3. The average Bonchev–Trinajstić information content (AvgIpc) is 2.32. The molecule has 0 bridgehead atoms. The minimum Gasteiger partial charge on any atom is -0.399 e. The molecular formula is C12H16BrN3O2. The average molecular weight is 314 g/mol. The summed E-state index contributed by atoms with van der Waals surface area (Å²) in [4.78, 5) is 23.5. The Morgan fingerprint density at radius 1 is 1.44 bits per heavy atom. The summed E-state index contributed by atoms with van der Waals surface area (Å²) in [5.41, 5.74) is 6.53. The first kappa shape index (κ1) is 14.5. The second-order valence-corrected chi connectivity index (χ2v) is 4.68. The number of nitrogen functional groups attached to an aromatic ring is 1. The van der Waals surface area contributed by atoms with E-state index in [1.54, 1.807) is 25.1 Å². The van der Waals surface area contributed by atoms with Crippen LogP contribution in [0.5, 0.6) is 0 Å². The van der Waals surface area contributed by atoms with Crippen LogP contribution in [0.25, 0.3) is 0 Å². The molecule has 0 aliphatic heterocycles. The quantitative estimate of drug-likeness (QED) is 0.732. The molecule has 1 atom stereocenters. The number of hydrogen-bond donors (Lipinski definition) is 3. The maximum atomic E-state index is 12.0. The summed E-state index contributed by atoms with van der Waals surface area (Å²) in [7, 11) is 0. The largest absolute Gasteiger partial charge is 0.399 e. The maximum Gasteiger partial charge on any atom is 0.253 e. The van der Waals surface area contributed by atoms with Crippen molar-refractivity contribution >= 4 is 33.4 Å². The smallest absolute Gasteiger partial charge is 0.253 e. The fourth-order valence-electron chi connectivity index (χ4n) is 1.38. The Balaban J connectivity index is 2.76. The Morgan fingerprint density at radius 3 is 2.72 bits per heavy atom. The third-order valence-electron chi connectivity index (χ3n) is 2.33. The Morgan fingerprint density at radius 2 is 2.11 bits per heavy atom. The van der Waals surface area contributed by atoms with Crippen molar-refractivity contribution in [3.05, 3.63) is 28.2 Å². The summed E-state index contributed by atoms with van der Waals surface area (Å²) < 4.78 is 0.636. The lowest BCUT2D eigenvalue weighted by atomic mass is 10.1. The van der Waals surface area contributed by atoms with Crippen molar-refractivity contribution in [1.82, 2.24) is 10.6 Å². The lowest BCUT2D eigenvalue weighted by Crippen LogP contribution is -2.44. The highest BCUT2D eigenvalue weighted by Crippen LogP contribution is 2.19. The molecule has 4 N–H and O–H groups in total. The molecule has 5 nitrogen and oxygen atoms in total. The van der Waals surface area contributed by atoms with Gasteiger partial charge in [0.15, 0.2) is 0 Å². The molecule has 2 amide bonds. The van der Waals surface area contributed by atoms with Crippen molar-refractivity contribution in [2.75, 3.05) is 12.3 Å². The zero-order chi connectivity index (χ0) is 13.7. The van der Waals surface area contributed by atoms with Crippen LogP contribution in [0.3, 0.4) is 0 Å². The van der Waals surface area contributed by atoms with Crippen LogP contribution in [0.1, 0.15) is 24.2 Å². The van der Waals surface area contributed by atoms with Gasteiger partial charge in [0, 0.05) is 16.7 Å². The molecule has 98 valence electrons. The van der Waals surface area contributed by atoms with Crippen LogP contribution in [-0.4, -0.2) is 24.4 Å². The minimum atomic E-state index is -0.592. The van der Waals surface area contributed by atoms with E-state index in [0.29, 0.717) is 22.3 Å². The Bertz CT molecular complexity index is 463. The third-order valence-corrected chi connectivity index (χ3v) is 3.02. The fourth-order valence-corrected chi connectivity index (χ4v) is 1.81. The number of halogens is 1. The highest BCUT2D eigenvalue weighted by molar-refractivity contribution is 9.10. The molecule has 0 saturated carbocycles. The summed E-state index contributed by atoms with van der Waals surface area (Å²) >= 11 is 3.27. The van der Waals surface area contributed by atoms with Crippen LogP contribution in [0.15, 0.2) is 22.7 Å². The molecule has 0 aromatic heterocycles. The van der Waals surface area contributed by atoms with Crippen LogP contribution >= 0.6 is 15.9 Å². The van der Waals surface area contributed by atoms with Crippen LogP contribution in [0.2, 0.25) is 0 Å². The lowest BCUT2D eigenvalue weighted by Gasteiger charge is -2.14. The van der Waals surface area contributed by atoms with E-state index in [1.807, 2.05) is 6.92 Å². The van der Waals surface area contributed by atoms with Gasteiger partial charge in [-0.3, -0.25) is 9.59 Å². The van der Waals surface area contributed by atoms with E-state index < -0.39 is 6.04 Å². The topological polar surface area (TPSA) is 84.2 Å². The van der Waals surface area contributed by atoms with Crippen molar-refractivity contribution < 1.29 is 9.59 Å². The summed E-state index contributed by atoms with van der Waals surface area (Å²) in [6.07, 6.45) is 0. The van der Waals surface area contributed by atoms with Gasteiger partial charge in [-0.05, 0) is 48.0 Å². The predicted octanol–water partition coefficient (Wildman–Crippen LogP) is 1.29. The molecule has 6 heteroatoms. The molecule has 0 fully saturated rings. The summed E-state index contributed by atoms with van der Waals surface area (Å²) in [5, 5.41) is 5.25. The van der Waals surface area contributed by atoms with E-state index in [9.17, 15) is 9.59 Å². The fraction of sp³-hybridized carbons (Fsp3) is 0.333. The molecule has 0 radical (unpaired) electrons. The Labute approximate surface area is 114 Å².